The summed E-state index contributed by atoms with van der Waals surface area (Å²) in [6.07, 6.45) is 14.3. The first-order valence-electron chi connectivity index (χ1n) is 18.2. The van der Waals surface area contributed by atoms with E-state index in [9.17, 15) is 34.5 Å². The fourth-order valence-corrected chi connectivity index (χ4v) is 10.2. The molecule has 4 fully saturated rings. The van der Waals surface area contributed by atoms with Crippen molar-refractivity contribution in [1.29, 1.82) is 0 Å². The molecule has 9 atom stereocenters. The second-order valence-electron chi connectivity index (χ2n) is 15.4. The number of nitrogens with one attached hydrogen (secondary N) is 2. The number of amides is 1. The number of hydrogen-bond acceptors (Lipinski definition) is 9. The van der Waals surface area contributed by atoms with E-state index in [0.29, 0.717) is 50.6 Å². The molecule has 0 radical (unpaired) electrons. The average Bonchev–Trinajstić information content (AvgIpc) is 3.68. The molecule has 5 N–H and O–H groups in total. The van der Waals surface area contributed by atoms with Crippen molar-refractivity contribution in [2.75, 3.05) is 0 Å². The third kappa shape index (κ3) is 7.08. The predicted octanol–water partition coefficient (Wildman–Crippen LogP) is 4.39. The lowest BCUT2D eigenvalue weighted by molar-refractivity contribution is -0.236. The number of imidazole rings is 1. The monoisotopic (exact) mass is 681 g/mol. The standard InChI is InChI=1S/C37H51N3O9/c1-35-15-13-28-29(37(35,47)17-14-27(35)23-8-11-32(42)48-21-23)10-9-24-18-26(12-16-36(24,28)46)49-33(43)7-5-3-2-4-6-31(41)40-30(34(44)45)19-25-20-38-22-39-25/h8,11,20-22,24,26-30,46-47H,2-7,9-10,12-19H2,1H3,(H,38,39)(H,40,41)(H,44,45)/t24-,26+,27-,28+,29-,30+,35-,36-,37+/m1/s1. The van der Waals surface area contributed by atoms with E-state index in [-0.39, 0.29) is 65.5 Å². The Bertz CT molecular complexity index is 1520. The second kappa shape index (κ2) is 14.4. The average molecular weight is 682 g/mol. The first kappa shape index (κ1) is 35.3. The van der Waals surface area contributed by atoms with Crippen LogP contribution in [0.2, 0.25) is 0 Å². The zero-order valence-corrected chi connectivity index (χ0v) is 28.4. The predicted molar refractivity (Wildman–Crippen MR) is 177 cm³/mol. The van der Waals surface area contributed by atoms with Crippen LogP contribution in [0.3, 0.4) is 0 Å². The van der Waals surface area contributed by atoms with Crippen molar-refractivity contribution in [3.05, 3.63) is 52.6 Å². The summed E-state index contributed by atoms with van der Waals surface area (Å²) in [7, 11) is 0. The van der Waals surface area contributed by atoms with Crippen molar-refractivity contribution in [3.8, 4) is 0 Å². The second-order valence-corrected chi connectivity index (χ2v) is 15.4. The maximum atomic E-state index is 12.7. The number of ether oxygens (including phenoxy) is 1. The number of H-pyrrole nitrogens is 1. The van der Waals surface area contributed by atoms with Gasteiger partial charge in [0.25, 0.3) is 0 Å². The normalized spacial score (nSPS) is 34.2. The lowest BCUT2D eigenvalue weighted by atomic mass is 9.46. The Morgan fingerprint density at radius 3 is 2.53 bits per heavy atom. The molecule has 0 aliphatic heterocycles. The molecule has 2 heterocycles. The van der Waals surface area contributed by atoms with Crippen LogP contribution in [-0.4, -0.2) is 66.5 Å². The maximum Gasteiger partial charge on any atom is 0.335 e. The Morgan fingerprint density at radius 2 is 1.82 bits per heavy atom. The molecule has 2 aromatic rings. The molecule has 12 nitrogen and oxygen atoms in total. The molecule has 0 spiro atoms. The highest BCUT2D eigenvalue weighted by atomic mass is 16.5. The molecular formula is C37H51N3O9. The van der Waals surface area contributed by atoms with Crippen LogP contribution in [0.5, 0.6) is 0 Å². The summed E-state index contributed by atoms with van der Waals surface area (Å²) in [5, 5.41) is 36.6. The number of unbranched alkanes of at least 4 members (excludes halogenated alkanes) is 3. The zero-order valence-electron chi connectivity index (χ0n) is 28.4. The Balaban J connectivity index is 0.922. The summed E-state index contributed by atoms with van der Waals surface area (Å²) in [4.78, 5) is 54.8. The molecule has 12 heteroatoms. The van der Waals surface area contributed by atoms with E-state index in [1.807, 2.05) is 6.07 Å². The van der Waals surface area contributed by atoms with Crippen LogP contribution in [0, 0.1) is 23.2 Å². The number of aromatic nitrogens is 2. The number of esters is 1. The van der Waals surface area contributed by atoms with Gasteiger partial charge in [0.05, 0.1) is 23.8 Å². The number of carbonyl (C=O) groups is 3. The van der Waals surface area contributed by atoms with Crippen LogP contribution in [0.4, 0.5) is 0 Å². The van der Waals surface area contributed by atoms with E-state index in [1.54, 1.807) is 6.26 Å². The number of hydrogen-bond donors (Lipinski definition) is 5. The lowest BCUT2D eigenvalue weighted by Crippen LogP contribution is -2.65. The summed E-state index contributed by atoms with van der Waals surface area (Å²) in [6.45, 7) is 2.18. The van der Waals surface area contributed by atoms with Gasteiger partial charge in [0.1, 0.15) is 12.1 Å². The number of fused-ring (bicyclic) bond motifs is 5. The van der Waals surface area contributed by atoms with Crippen LogP contribution in [0.25, 0.3) is 0 Å². The quantitative estimate of drug-likeness (QED) is 0.150. The van der Waals surface area contributed by atoms with Gasteiger partial charge in [-0.3, -0.25) is 9.59 Å². The van der Waals surface area contributed by atoms with E-state index in [0.717, 1.165) is 50.5 Å². The highest BCUT2D eigenvalue weighted by molar-refractivity contribution is 5.83. The molecular weight excluding hydrogens is 630 g/mol. The van der Waals surface area contributed by atoms with Crippen LogP contribution in [0.1, 0.15) is 120 Å². The van der Waals surface area contributed by atoms with Gasteiger partial charge in [0, 0.05) is 42.6 Å². The summed E-state index contributed by atoms with van der Waals surface area (Å²) in [5.74, 6) is -1.52. The van der Waals surface area contributed by atoms with Crippen molar-refractivity contribution < 1.29 is 38.9 Å². The Labute approximate surface area is 286 Å². The summed E-state index contributed by atoms with van der Waals surface area (Å²) < 4.78 is 11.1. The van der Waals surface area contributed by atoms with Gasteiger partial charge in [-0.25, -0.2) is 14.6 Å². The summed E-state index contributed by atoms with van der Waals surface area (Å²) >= 11 is 0. The third-order valence-corrected chi connectivity index (χ3v) is 12.8. The molecule has 0 bridgehead atoms. The first-order valence-corrected chi connectivity index (χ1v) is 18.2. The fourth-order valence-electron chi connectivity index (χ4n) is 10.2. The number of carboxylic acids is 1. The maximum absolute atomic E-state index is 12.7. The summed E-state index contributed by atoms with van der Waals surface area (Å²) in [5.41, 5.74) is -0.918. The van der Waals surface area contributed by atoms with Crippen LogP contribution < -0.4 is 10.9 Å². The van der Waals surface area contributed by atoms with Gasteiger partial charge in [0.15, 0.2) is 0 Å². The van der Waals surface area contributed by atoms with Gasteiger partial charge < -0.3 is 34.8 Å². The van der Waals surface area contributed by atoms with E-state index in [2.05, 4.69) is 22.2 Å². The number of aliphatic carboxylic acids is 1. The van der Waals surface area contributed by atoms with Crippen molar-refractivity contribution in [2.24, 2.45) is 23.2 Å². The molecule has 0 saturated heterocycles. The Kier molecular flexibility index (Phi) is 10.4. The molecule has 4 aliphatic rings. The van der Waals surface area contributed by atoms with Gasteiger partial charge in [0.2, 0.25) is 5.91 Å². The molecule has 268 valence electrons. The molecule has 0 aromatic carbocycles. The molecule has 2 aromatic heterocycles. The van der Waals surface area contributed by atoms with Gasteiger partial charge in [-0.1, -0.05) is 19.8 Å². The van der Waals surface area contributed by atoms with E-state index in [4.69, 9.17) is 9.15 Å². The van der Waals surface area contributed by atoms with Gasteiger partial charge in [-0.2, -0.15) is 0 Å². The summed E-state index contributed by atoms with van der Waals surface area (Å²) in [6, 6.07) is 2.27. The minimum absolute atomic E-state index is 0.000953. The molecule has 1 amide bonds. The van der Waals surface area contributed by atoms with Crippen molar-refractivity contribution in [1.82, 2.24) is 15.3 Å². The Hall–Kier alpha value is -3.51. The fraction of sp³-hybridized carbons (Fsp3) is 0.703. The molecule has 4 aliphatic carbocycles. The number of carboxylic acid groups (broad SMARTS) is 1. The number of carbonyl (C=O) groups excluding carboxylic acids is 2. The minimum atomic E-state index is -1.10. The van der Waals surface area contributed by atoms with Crippen LogP contribution in [0.15, 0.2) is 40.1 Å². The number of nitrogens with zero attached hydrogens (tertiary/aromatic N) is 1. The number of aliphatic hydroxyl groups is 2. The first-order chi connectivity index (χ1) is 23.4. The van der Waals surface area contributed by atoms with Crippen LogP contribution in [-0.2, 0) is 25.5 Å². The van der Waals surface area contributed by atoms with Crippen molar-refractivity contribution in [2.45, 2.75) is 139 Å². The zero-order chi connectivity index (χ0) is 34.8. The smallest absolute Gasteiger partial charge is 0.335 e. The van der Waals surface area contributed by atoms with Crippen molar-refractivity contribution >= 4 is 17.8 Å². The van der Waals surface area contributed by atoms with E-state index >= 15 is 0 Å². The van der Waals surface area contributed by atoms with Crippen LogP contribution >= 0.6 is 0 Å². The van der Waals surface area contributed by atoms with Crippen molar-refractivity contribution in [3.63, 3.8) is 0 Å². The number of aromatic amines is 1. The highest BCUT2D eigenvalue weighted by Gasteiger charge is 2.68. The molecule has 0 unspecified atom stereocenters. The minimum Gasteiger partial charge on any atom is -0.480 e. The SMILES string of the molecule is C[C@]12CC[C@H]3[C@@H](CC[C@@H]4C[C@@H](OC(=O)CCCCCCC(=O)N[C@@H](Cc5cnc[nH]5)C(=O)O)CC[C@@]43O)[C@@]1(O)CC[C@@H]2c1ccc(=O)oc1. The Morgan fingerprint density at radius 1 is 1.02 bits per heavy atom. The van der Waals surface area contributed by atoms with Gasteiger partial charge in [-0.05, 0) is 106 Å². The van der Waals surface area contributed by atoms with Gasteiger partial charge in [-0.15, -0.1) is 0 Å². The molecule has 6 rings (SSSR count). The highest BCUT2D eigenvalue weighted by Crippen LogP contribution is 2.68. The number of rotatable bonds is 13. The topological polar surface area (TPSA) is 192 Å². The molecule has 4 saturated carbocycles. The third-order valence-electron chi connectivity index (χ3n) is 12.8. The van der Waals surface area contributed by atoms with Gasteiger partial charge >= 0.3 is 17.6 Å². The van der Waals surface area contributed by atoms with E-state index in [1.165, 1.54) is 18.6 Å². The van der Waals surface area contributed by atoms with E-state index < -0.39 is 23.2 Å². The molecule has 49 heavy (non-hydrogen) atoms. The lowest BCUT2D eigenvalue weighted by Gasteiger charge is -2.62. The largest absolute Gasteiger partial charge is 0.480 e.